The molecule has 0 aliphatic heterocycles. The highest BCUT2D eigenvalue weighted by Crippen LogP contribution is 2.26. The van der Waals surface area contributed by atoms with Crippen LogP contribution in [0.15, 0.2) is 34.9 Å². The normalized spacial score (nSPS) is 12.4. The van der Waals surface area contributed by atoms with Crippen LogP contribution in [0.2, 0.25) is 0 Å². The van der Waals surface area contributed by atoms with E-state index in [-0.39, 0.29) is 6.04 Å². The highest BCUT2D eigenvalue weighted by atomic mass is 16.5. The van der Waals surface area contributed by atoms with Crippen LogP contribution in [0.25, 0.3) is 0 Å². The molecule has 1 aromatic heterocycles. The molecule has 0 saturated heterocycles. The predicted molar refractivity (Wildman–Crippen MR) is 74.9 cm³/mol. The summed E-state index contributed by atoms with van der Waals surface area (Å²) in [6.45, 7) is 3.99. The Morgan fingerprint density at radius 3 is 2.68 bits per heavy atom. The number of hydrazine groups is 1. The van der Waals surface area contributed by atoms with Gasteiger partial charge >= 0.3 is 0 Å². The second-order valence-electron chi connectivity index (χ2n) is 4.73. The van der Waals surface area contributed by atoms with Gasteiger partial charge in [-0.25, -0.2) is 0 Å². The summed E-state index contributed by atoms with van der Waals surface area (Å²) in [6, 6.07) is 8.14. The second kappa shape index (κ2) is 5.91. The van der Waals surface area contributed by atoms with Crippen LogP contribution < -0.4 is 16.0 Å². The minimum atomic E-state index is 0.00755. The smallest absolute Gasteiger partial charge is 0.122 e. The molecule has 102 valence electrons. The number of hydrogen-bond donors (Lipinski definition) is 2. The van der Waals surface area contributed by atoms with Crippen LogP contribution in [0.1, 0.15) is 28.5 Å². The molecule has 2 aromatic rings. The van der Waals surface area contributed by atoms with Crippen LogP contribution in [-0.2, 0) is 6.42 Å². The Bertz CT molecular complexity index is 549. The van der Waals surface area contributed by atoms with Crippen molar-refractivity contribution in [3.05, 3.63) is 53.0 Å². The predicted octanol–water partition coefficient (Wildman–Crippen LogP) is 2.65. The third-order valence-corrected chi connectivity index (χ3v) is 3.21. The van der Waals surface area contributed by atoms with Crippen molar-refractivity contribution in [2.75, 3.05) is 7.11 Å². The SMILES string of the molecule is COc1ccc(C)cc1CC(NN)c1coc(C)c1. The maximum atomic E-state index is 5.66. The van der Waals surface area contributed by atoms with Crippen molar-refractivity contribution >= 4 is 0 Å². The minimum absolute atomic E-state index is 0.00755. The molecule has 1 aromatic carbocycles. The number of nitrogens with one attached hydrogen (secondary N) is 1. The molecule has 0 aliphatic carbocycles. The molecule has 1 unspecified atom stereocenters. The topological polar surface area (TPSA) is 60.4 Å². The summed E-state index contributed by atoms with van der Waals surface area (Å²) in [5.74, 6) is 7.42. The van der Waals surface area contributed by atoms with Crippen molar-refractivity contribution in [2.24, 2.45) is 5.84 Å². The summed E-state index contributed by atoms with van der Waals surface area (Å²) in [7, 11) is 1.68. The lowest BCUT2D eigenvalue weighted by molar-refractivity contribution is 0.405. The van der Waals surface area contributed by atoms with Crippen LogP contribution in [0.4, 0.5) is 0 Å². The third kappa shape index (κ3) is 3.16. The van der Waals surface area contributed by atoms with Gasteiger partial charge in [-0.15, -0.1) is 0 Å². The fourth-order valence-corrected chi connectivity index (χ4v) is 2.21. The maximum Gasteiger partial charge on any atom is 0.122 e. The van der Waals surface area contributed by atoms with Gasteiger partial charge in [0.25, 0.3) is 0 Å². The largest absolute Gasteiger partial charge is 0.496 e. The van der Waals surface area contributed by atoms with Crippen LogP contribution in [0, 0.1) is 13.8 Å². The summed E-state index contributed by atoms with van der Waals surface area (Å²) >= 11 is 0. The lowest BCUT2D eigenvalue weighted by atomic mass is 9.99. The lowest BCUT2D eigenvalue weighted by Gasteiger charge is -2.16. The number of aryl methyl sites for hydroxylation is 2. The highest BCUT2D eigenvalue weighted by molar-refractivity contribution is 5.38. The van der Waals surface area contributed by atoms with Crippen molar-refractivity contribution in [3.63, 3.8) is 0 Å². The molecule has 0 saturated carbocycles. The highest BCUT2D eigenvalue weighted by Gasteiger charge is 2.15. The first kappa shape index (κ1) is 13.6. The van der Waals surface area contributed by atoms with Crippen molar-refractivity contribution < 1.29 is 9.15 Å². The lowest BCUT2D eigenvalue weighted by Crippen LogP contribution is -2.29. The summed E-state index contributed by atoms with van der Waals surface area (Å²) in [6.07, 6.45) is 2.49. The molecule has 1 heterocycles. The molecule has 4 nitrogen and oxygen atoms in total. The van der Waals surface area contributed by atoms with Gasteiger partial charge in [0, 0.05) is 5.56 Å². The molecular formula is C15H20N2O2. The van der Waals surface area contributed by atoms with Gasteiger partial charge in [-0.3, -0.25) is 11.3 Å². The number of ether oxygens (including phenoxy) is 1. The van der Waals surface area contributed by atoms with Crippen molar-refractivity contribution in [1.29, 1.82) is 0 Å². The minimum Gasteiger partial charge on any atom is -0.496 e. The van der Waals surface area contributed by atoms with E-state index in [2.05, 4.69) is 18.4 Å². The maximum absolute atomic E-state index is 5.66. The van der Waals surface area contributed by atoms with E-state index in [1.54, 1.807) is 13.4 Å². The van der Waals surface area contributed by atoms with Crippen LogP contribution >= 0.6 is 0 Å². The average Bonchev–Trinajstić information content (AvgIpc) is 2.82. The van der Waals surface area contributed by atoms with E-state index < -0.39 is 0 Å². The standard InChI is InChI=1S/C15H20N2O2/c1-10-4-5-15(18-3)12(6-10)8-14(17-16)13-7-11(2)19-9-13/h4-7,9,14,17H,8,16H2,1-3H3. The Morgan fingerprint density at radius 2 is 2.11 bits per heavy atom. The molecule has 0 bridgehead atoms. The molecule has 1 atom stereocenters. The number of hydrogen-bond acceptors (Lipinski definition) is 4. The van der Waals surface area contributed by atoms with Gasteiger partial charge in [-0.05, 0) is 38.0 Å². The number of methoxy groups -OCH3 is 1. The van der Waals surface area contributed by atoms with Crippen LogP contribution in [0.5, 0.6) is 5.75 Å². The molecule has 4 heteroatoms. The molecule has 3 N–H and O–H groups in total. The molecule has 0 aliphatic rings. The second-order valence-corrected chi connectivity index (χ2v) is 4.73. The summed E-state index contributed by atoms with van der Waals surface area (Å²) in [4.78, 5) is 0. The number of nitrogens with two attached hydrogens (primary N) is 1. The zero-order valence-electron chi connectivity index (χ0n) is 11.6. The van der Waals surface area contributed by atoms with Gasteiger partial charge in [0.2, 0.25) is 0 Å². The van der Waals surface area contributed by atoms with Gasteiger partial charge in [0.15, 0.2) is 0 Å². The Morgan fingerprint density at radius 1 is 1.32 bits per heavy atom. The van der Waals surface area contributed by atoms with Gasteiger partial charge in [-0.1, -0.05) is 17.7 Å². The van der Waals surface area contributed by atoms with Gasteiger partial charge in [0.1, 0.15) is 11.5 Å². The molecule has 0 fully saturated rings. The van der Waals surface area contributed by atoms with E-state index in [0.29, 0.717) is 0 Å². The molecular weight excluding hydrogens is 240 g/mol. The first-order valence-electron chi connectivity index (χ1n) is 6.28. The monoisotopic (exact) mass is 260 g/mol. The first-order valence-corrected chi connectivity index (χ1v) is 6.28. The summed E-state index contributed by atoms with van der Waals surface area (Å²) in [5, 5.41) is 0. The molecule has 0 spiro atoms. The van der Waals surface area contributed by atoms with Gasteiger partial charge in [-0.2, -0.15) is 0 Å². The van der Waals surface area contributed by atoms with Crippen molar-refractivity contribution in [3.8, 4) is 5.75 Å². The average molecular weight is 260 g/mol. The quantitative estimate of drug-likeness (QED) is 0.641. The van der Waals surface area contributed by atoms with E-state index in [0.717, 1.165) is 29.1 Å². The molecule has 0 radical (unpaired) electrons. The van der Waals surface area contributed by atoms with Crippen LogP contribution in [-0.4, -0.2) is 7.11 Å². The Labute approximate surface area is 113 Å². The third-order valence-electron chi connectivity index (χ3n) is 3.21. The van der Waals surface area contributed by atoms with E-state index in [9.17, 15) is 0 Å². The number of benzene rings is 1. The van der Waals surface area contributed by atoms with Gasteiger partial charge in [0.05, 0.1) is 19.4 Å². The van der Waals surface area contributed by atoms with Crippen molar-refractivity contribution in [2.45, 2.75) is 26.3 Å². The van der Waals surface area contributed by atoms with Crippen molar-refractivity contribution in [1.82, 2.24) is 5.43 Å². The fraction of sp³-hybridized carbons (Fsp3) is 0.333. The molecule has 0 amide bonds. The fourth-order valence-electron chi connectivity index (χ4n) is 2.21. The number of furan rings is 1. The number of rotatable bonds is 5. The molecule has 2 rings (SSSR count). The van der Waals surface area contributed by atoms with Crippen LogP contribution in [0.3, 0.4) is 0 Å². The Kier molecular flexibility index (Phi) is 4.24. The zero-order chi connectivity index (χ0) is 13.8. The Balaban J connectivity index is 2.25. The van der Waals surface area contributed by atoms with E-state index in [1.165, 1.54) is 5.56 Å². The van der Waals surface area contributed by atoms with E-state index in [1.807, 2.05) is 25.1 Å². The van der Waals surface area contributed by atoms with Gasteiger partial charge < -0.3 is 9.15 Å². The molecule has 19 heavy (non-hydrogen) atoms. The first-order chi connectivity index (χ1) is 9.13. The van der Waals surface area contributed by atoms with E-state index in [4.69, 9.17) is 15.0 Å². The summed E-state index contributed by atoms with van der Waals surface area (Å²) < 4.78 is 10.7. The summed E-state index contributed by atoms with van der Waals surface area (Å²) in [5.41, 5.74) is 6.21. The zero-order valence-corrected chi connectivity index (χ0v) is 11.6. The Hall–Kier alpha value is -1.78. The van der Waals surface area contributed by atoms with E-state index >= 15 is 0 Å².